The Hall–Kier alpha value is -1.01. The first kappa shape index (κ1) is 12.0. The van der Waals surface area contributed by atoms with Gasteiger partial charge in [-0.05, 0) is 25.2 Å². The van der Waals surface area contributed by atoms with Crippen LogP contribution in [0.3, 0.4) is 0 Å². The topological polar surface area (TPSA) is 55.1 Å². The Labute approximate surface area is 80.1 Å². The third-order valence-electron chi connectivity index (χ3n) is 1.86. The van der Waals surface area contributed by atoms with Crippen LogP contribution in [0.2, 0.25) is 0 Å². The SMILES string of the molecule is C#CC(=O)NC(C)(CN)CC(C)C. The van der Waals surface area contributed by atoms with E-state index < -0.39 is 5.91 Å². The number of hydrogen-bond donors (Lipinski definition) is 2. The number of terminal acetylenes is 1. The maximum atomic E-state index is 11.0. The zero-order valence-corrected chi connectivity index (χ0v) is 8.55. The molecule has 3 N–H and O–H groups in total. The molecule has 0 aromatic rings. The van der Waals surface area contributed by atoms with E-state index in [2.05, 4.69) is 19.2 Å². The minimum Gasteiger partial charge on any atom is -0.339 e. The molecule has 0 radical (unpaired) electrons. The molecule has 1 atom stereocenters. The standard InChI is InChI=1S/C10H18N2O/c1-5-9(13)12-10(4,7-11)6-8(2)3/h1,8H,6-7,11H2,2-4H3,(H,12,13). The van der Waals surface area contributed by atoms with Crippen molar-refractivity contribution in [3.05, 3.63) is 0 Å². The van der Waals surface area contributed by atoms with Gasteiger partial charge in [0.15, 0.2) is 0 Å². The van der Waals surface area contributed by atoms with Gasteiger partial charge in [0.2, 0.25) is 0 Å². The highest BCUT2D eigenvalue weighted by Crippen LogP contribution is 2.14. The van der Waals surface area contributed by atoms with Crippen molar-refractivity contribution in [2.45, 2.75) is 32.7 Å². The molecule has 0 spiro atoms. The summed E-state index contributed by atoms with van der Waals surface area (Å²) in [5.74, 6) is 2.11. The highest BCUT2D eigenvalue weighted by atomic mass is 16.1. The van der Waals surface area contributed by atoms with Gasteiger partial charge in [0.1, 0.15) is 0 Å². The molecule has 74 valence electrons. The van der Waals surface area contributed by atoms with Gasteiger partial charge < -0.3 is 11.1 Å². The number of carbonyl (C=O) groups is 1. The van der Waals surface area contributed by atoms with Gasteiger partial charge in [-0.3, -0.25) is 4.79 Å². The lowest BCUT2D eigenvalue weighted by atomic mass is 9.91. The summed E-state index contributed by atoms with van der Waals surface area (Å²) in [7, 11) is 0. The first-order valence-corrected chi connectivity index (χ1v) is 4.42. The average molecular weight is 182 g/mol. The van der Waals surface area contributed by atoms with Crippen LogP contribution in [-0.4, -0.2) is 18.0 Å². The largest absolute Gasteiger partial charge is 0.339 e. The highest BCUT2D eigenvalue weighted by Gasteiger charge is 2.24. The maximum Gasteiger partial charge on any atom is 0.296 e. The van der Waals surface area contributed by atoms with E-state index in [0.717, 1.165) is 6.42 Å². The molecule has 13 heavy (non-hydrogen) atoms. The Morgan fingerprint density at radius 3 is 2.54 bits per heavy atom. The molecule has 0 saturated heterocycles. The van der Waals surface area contributed by atoms with Crippen molar-refractivity contribution in [3.63, 3.8) is 0 Å². The van der Waals surface area contributed by atoms with Crippen LogP contribution in [0.5, 0.6) is 0 Å². The molecule has 0 aromatic carbocycles. The van der Waals surface area contributed by atoms with Crippen LogP contribution < -0.4 is 11.1 Å². The summed E-state index contributed by atoms with van der Waals surface area (Å²) in [5, 5.41) is 2.72. The summed E-state index contributed by atoms with van der Waals surface area (Å²) in [6.45, 7) is 6.47. The Bertz CT molecular complexity index is 217. The van der Waals surface area contributed by atoms with Crippen molar-refractivity contribution in [3.8, 4) is 12.3 Å². The first-order chi connectivity index (χ1) is 5.93. The van der Waals surface area contributed by atoms with E-state index in [-0.39, 0.29) is 5.54 Å². The van der Waals surface area contributed by atoms with Crippen LogP contribution >= 0.6 is 0 Å². The lowest BCUT2D eigenvalue weighted by Crippen LogP contribution is -2.51. The minimum absolute atomic E-state index is 0.377. The summed E-state index contributed by atoms with van der Waals surface area (Å²) < 4.78 is 0. The molecular weight excluding hydrogens is 164 g/mol. The molecule has 3 nitrogen and oxygen atoms in total. The number of hydrogen-bond acceptors (Lipinski definition) is 2. The van der Waals surface area contributed by atoms with Crippen molar-refractivity contribution in [1.82, 2.24) is 5.32 Å². The van der Waals surface area contributed by atoms with Crippen LogP contribution in [0.25, 0.3) is 0 Å². The summed E-state index contributed by atoms with van der Waals surface area (Å²) in [6.07, 6.45) is 5.79. The van der Waals surface area contributed by atoms with E-state index in [1.807, 2.05) is 12.8 Å². The smallest absolute Gasteiger partial charge is 0.296 e. The fourth-order valence-corrected chi connectivity index (χ4v) is 1.40. The van der Waals surface area contributed by atoms with Crippen LogP contribution in [0.4, 0.5) is 0 Å². The summed E-state index contributed by atoms with van der Waals surface area (Å²) in [4.78, 5) is 11.0. The van der Waals surface area contributed by atoms with Gasteiger partial charge in [-0.25, -0.2) is 0 Å². The number of amides is 1. The van der Waals surface area contributed by atoms with E-state index in [0.29, 0.717) is 12.5 Å². The van der Waals surface area contributed by atoms with Gasteiger partial charge in [0, 0.05) is 6.54 Å². The Morgan fingerprint density at radius 2 is 2.23 bits per heavy atom. The van der Waals surface area contributed by atoms with E-state index in [1.165, 1.54) is 0 Å². The molecule has 0 aromatic heterocycles. The predicted octanol–water partition coefficient (Wildman–Crippen LogP) is 0.499. The van der Waals surface area contributed by atoms with Crippen LogP contribution in [-0.2, 0) is 4.79 Å². The Kier molecular flexibility index (Phi) is 4.50. The van der Waals surface area contributed by atoms with Crippen LogP contribution in [0.1, 0.15) is 27.2 Å². The predicted molar refractivity (Wildman–Crippen MR) is 53.9 cm³/mol. The second-order valence-corrected chi connectivity index (χ2v) is 3.96. The Balaban J connectivity index is 4.29. The zero-order chi connectivity index (χ0) is 10.5. The van der Waals surface area contributed by atoms with Crippen LogP contribution in [0.15, 0.2) is 0 Å². The molecule has 0 fully saturated rings. The molecule has 0 rings (SSSR count). The summed E-state index contributed by atoms with van der Waals surface area (Å²) in [5.41, 5.74) is 5.20. The van der Waals surface area contributed by atoms with E-state index in [9.17, 15) is 4.79 Å². The number of nitrogens with two attached hydrogens (primary N) is 1. The molecule has 0 heterocycles. The van der Waals surface area contributed by atoms with E-state index >= 15 is 0 Å². The van der Waals surface area contributed by atoms with Gasteiger partial charge in [0.05, 0.1) is 5.54 Å². The molecule has 1 amide bonds. The molecule has 1 unspecified atom stereocenters. The van der Waals surface area contributed by atoms with Crippen molar-refractivity contribution in [2.24, 2.45) is 11.7 Å². The van der Waals surface area contributed by atoms with Crippen molar-refractivity contribution in [1.29, 1.82) is 0 Å². The fraction of sp³-hybridized carbons (Fsp3) is 0.700. The third-order valence-corrected chi connectivity index (χ3v) is 1.86. The second-order valence-electron chi connectivity index (χ2n) is 3.96. The molecule has 0 aliphatic rings. The summed E-state index contributed by atoms with van der Waals surface area (Å²) in [6, 6.07) is 0. The Morgan fingerprint density at radius 1 is 1.69 bits per heavy atom. The van der Waals surface area contributed by atoms with Gasteiger partial charge in [0.25, 0.3) is 5.91 Å². The molecule has 3 heteroatoms. The van der Waals surface area contributed by atoms with E-state index in [1.54, 1.807) is 0 Å². The fourth-order valence-electron chi connectivity index (χ4n) is 1.40. The van der Waals surface area contributed by atoms with Gasteiger partial charge in [-0.2, -0.15) is 0 Å². The minimum atomic E-state index is -0.395. The lowest BCUT2D eigenvalue weighted by Gasteiger charge is -2.30. The summed E-state index contributed by atoms with van der Waals surface area (Å²) >= 11 is 0. The normalized spacial score (nSPS) is 14.8. The lowest BCUT2D eigenvalue weighted by molar-refractivity contribution is -0.117. The monoisotopic (exact) mass is 182 g/mol. The average Bonchev–Trinajstić information content (AvgIpc) is 2.02. The molecule has 0 bridgehead atoms. The van der Waals surface area contributed by atoms with Gasteiger partial charge in [-0.1, -0.05) is 13.8 Å². The number of rotatable bonds is 4. The molecular formula is C10H18N2O. The van der Waals surface area contributed by atoms with Crippen molar-refractivity contribution < 1.29 is 4.79 Å². The van der Waals surface area contributed by atoms with Gasteiger partial charge >= 0.3 is 0 Å². The third kappa shape index (κ3) is 4.54. The van der Waals surface area contributed by atoms with Crippen LogP contribution in [0, 0.1) is 18.3 Å². The van der Waals surface area contributed by atoms with Crippen molar-refractivity contribution in [2.75, 3.05) is 6.54 Å². The quantitative estimate of drug-likeness (QED) is 0.622. The molecule has 0 aliphatic heterocycles. The molecule has 0 saturated carbocycles. The highest BCUT2D eigenvalue weighted by molar-refractivity contribution is 5.93. The van der Waals surface area contributed by atoms with Crippen molar-refractivity contribution >= 4 is 5.91 Å². The van der Waals surface area contributed by atoms with E-state index in [4.69, 9.17) is 12.2 Å². The zero-order valence-electron chi connectivity index (χ0n) is 8.55. The molecule has 0 aliphatic carbocycles. The number of nitrogens with one attached hydrogen (secondary N) is 1. The maximum absolute atomic E-state index is 11.0. The number of carbonyl (C=O) groups excluding carboxylic acids is 1. The van der Waals surface area contributed by atoms with Gasteiger partial charge in [-0.15, -0.1) is 6.42 Å². The second kappa shape index (κ2) is 4.88. The first-order valence-electron chi connectivity index (χ1n) is 4.42.